The van der Waals surface area contributed by atoms with E-state index in [9.17, 15) is 14.4 Å². The molecule has 1 saturated heterocycles. The molecule has 21 heavy (non-hydrogen) atoms. The molecule has 1 aliphatic heterocycles. The quantitative estimate of drug-likeness (QED) is 0.890. The highest BCUT2D eigenvalue weighted by molar-refractivity contribution is 5.88. The van der Waals surface area contributed by atoms with Gasteiger partial charge < -0.3 is 10.0 Å². The van der Waals surface area contributed by atoms with Crippen LogP contribution in [0.5, 0.6) is 0 Å². The molecule has 1 heterocycles. The monoisotopic (exact) mass is 289 g/mol. The smallest absolute Gasteiger partial charge is 0.307 e. The first-order valence-corrected chi connectivity index (χ1v) is 7.07. The lowest BCUT2D eigenvalue weighted by molar-refractivity contribution is -0.136. The minimum Gasteiger partial charge on any atom is -0.481 e. The van der Waals surface area contributed by atoms with Gasteiger partial charge in [0.2, 0.25) is 5.91 Å². The van der Waals surface area contributed by atoms with Gasteiger partial charge in [-0.2, -0.15) is 0 Å². The van der Waals surface area contributed by atoms with Crippen molar-refractivity contribution >= 4 is 17.7 Å². The molecule has 1 aliphatic rings. The summed E-state index contributed by atoms with van der Waals surface area (Å²) in [6.07, 6.45) is 1.84. The maximum atomic E-state index is 12.3. The second kappa shape index (κ2) is 6.52. The van der Waals surface area contributed by atoms with E-state index in [-0.39, 0.29) is 30.6 Å². The van der Waals surface area contributed by atoms with Crippen LogP contribution in [0.25, 0.3) is 0 Å². The van der Waals surface area contributed by atoms with Crippen molar-refractivity contribution in [2.45, 2.75) is 38.6 Å². The maximum Gasteiger partial charge on any atom is 0.307 e. The molecule has 1 atom stereocenters. The average molecular weight is 289 g/mol. The van der Waals surface area contributed by atoms with Crippen molar-refractivity contribution in [2.75, 3.05) is 6.54 Å². The Bertz CT molecular complexity index is 550. The molecule has 2 rings (SSSR count). The molecule has 0 aliphatic carbocycles. The Kier molecular flexibility index (Phi) is 4.73. The van der Waals surface area contributed by atoms with Crippen LogP contribution >= 0.6 is 0 Å². The molecule has 0 aromatic heterocycles. The second-order valence-electron chi connectivity index (χ2n) is 5.42. The number of carbonyl (C=O) groups is 3. The van der Waals surface area contributed by atoms with E-state index in [1.807, 2.05) is 0 Å². The Morgan fingerprint density at radius 1 is 1.14 bits per heavy atom. The molecule has 1 N–H and O–H groups in total. The number of benzene rings is 1. The van der Waals surface area contributed by atoms with Crippen LogP contribution < -0.4 is 0 Å². The molecule has 0 saturated carbocycles. The van der Waals surface area contributed by atoms with E-state index in [1.54, 1.807) is 29.2 Å². The summed E-state index contributed by atoms with van der Waals surface area (Å²) in [6.45, 7) is 2.16. The maximum absolute atomic E-state index is 12.3. The summed E-state index contributed by atoms with van der Waals surface area (Å²) >= 11 is 0. The van der Waals surface area contributed by atoms with Crippen LogP contribution in [0.15, 0.2) is 24.3 Å². The van der Waals surface area contributed by atoms with Gasteiger partial charge in [-0.05, 0) is 30.9 Å². The molecule has 0 spiro atoms. The van der Waals surface area contributed by atoms with Crippen molar-refractivity contribution in [3.05, 3.63) is 35.4 Å². The van der Waals surface area contributed by atoms with Crippen LogP contribution in [0, 0.1) is 0 Å². The van der Waals surface area contributed by atoms with E-state index in [1.165, 1.54) is 6.92 Å². The van der Waals surface area contributed by atoms with E-state index in [0.29, 0.717) is 12.1 Å². The van der Waals surface area contributed by atoms with E-state index in [4.69, 9.17) is 5.11 Å². The number of hydrogen-bond acceptors (Lipinski definition) is 3. The lowest BCUT2D eigenvalue weighted by Gasteiger charge is -2.22. The number of carboxylic acids is 1. The molecule has 0 bridgehead atoms. The SMILES string of the molecule is CC(=O)[C@H]1CCCN1C(=O)Cc1ccc(CC(=O)O)cc1. The predicted molar refractivity (Wildman–Crippen MR) is 76.9 cm³/mol. The molecular formula is C16H19NO4. The Morgan fingerprint density at radius 2 is 1.71 bits per heavy atom. The number of Topliss-reactive ketones (excluding diaryl/α,β-unsaturated/α-hetero) is 1. The highest BCUT2D eigenvalue weighted by Crippen LogP contribution is 2.19. The summed E-state index contributed by atoms with van der Waals surface area (Å²) in [5.74, 6) is -0.878. The minimum absolute atomic E-state index is 0.0211. The summed E-state index contributed by atoms with van der Waals surface area (Å²) in [7, 11) is 0. The first-order chi connectivity index (χ1) is 9.97. The molecule has 5 heteroatoms. The summed E-state index contributed by atoms with van der Waals surface area (Å²) in [6, 6.07) is 6.72. The summed E-state index contributed by atoms with van der Waals surface area (Å²) in [4.78, 5) is 36.1. The van der Waals surface area contributed by atoms with Crippen LogP contribution in [0.4, 0.5) is 0 Å². The van der Waals surface area contributed by atoms with Crippen LogP contribution in [0.3, 0.4) is 0 Å². The van der Waals surface area contributed by atoms with Gasteiger partial charge in [0.05, 0.1) is 18.9 Å². The van der Waals surface area contributed by atoms with Gasteiger partial charge in [-0.25, -0.2) is 0 Å². The molecule has 0 radical (unpaired) electrons. The molecule has 0 unspecified atom stereocenters. The summed E-state index contributed by atoms with van der Waals surface area (Å²) in [5, 5.41) is 8.71. The van der Waals surface area contributed by atoms with Gasteiger partial charge >= 0.3 is 5.97 Å². The topological polar surface area (TPSA) is 74.7 Å². The van der Waals surface area contributed by atoms with Gasteiger partial charge in [0.25, 0.3) is 0 Å². The van der Waals surface area contributed by atoms with Gasteiger partial charge in [0.1, 0.15) is 0 Å². The molecule has 5 nitrogen and oxygen atoms in total. The fourth-order valence-electron chi connectivity index (χ4n) is 2.71. The standard InChI is InChI=1S/C16H19NO4/c1-11(18)14-3-2-8-17(14)15(19)9-12-4-6-13(7-5-12)10-16(20)21/h4-7,14H,2-3,8-10H2,1H3,(H,20,21)/t14-/m1/s1. The van der Waals surface area contributed by atoms with Crippen molar-refractivity contribution in [2.24, 2.45) is 0 Å². The normalized spacial score (nSPS) is 17.8. The fourth-order valence-corrected chi connectivity index (χ4v) is 2.71. The number of nitrogens with zero attached hydrogens (tertiary/aromatic N) is 1. The number of amides is 1. The van der Waals surface area contributed by atoms with E-state index in [2.05, 4.69) is 0 Å². The highest BCUT2D eigenvalue weighted by Gasteiger charge is 2.31. The van der Waals surface area contributed by atoms with E-state index in [0.717, 1.165) is 18.4 Å². The second-order valence-corrected chi connectivity index (χ2v) is 5.42. The van der Waals surface area contributed by atoms with Gasteiger partial charge in [0, 0.05) is 6.54 Å². The third-order valence-corrected chi connectivity index (χ3v) is 3.78. The summed E-state index contributed by atoms with van der Waals surface area (Å²) in [5.41, 5.74) is 1.55. The zero-order valence-electron chi connectivity index (χ0n) is 12.0. The number of aliphatic carboxylic acids is 1. The Labute approximate surface area is 123 Å². The Balaban J connectivity index is 1.99. The average Bonchev–Trinajstić information content (AvgIpc) is 2.90. The number of rotatable bonds is 5. The summed E-state index contributed by atoms with van der Waals surface area (Å²) < 4.78 is 0. The van der Waals surface area contributed by atoms with Crippen LogP contribution in [-0.4, -0.2) is 40.3 Å². The number of likely N-dealkylation sites (tertiary alicyclic amines) is 1. The molecule has 1 aromatic rings. The first kappa shape index (κ1) is 15.2. The largest absolute Gasteiger partial charge is 0.481 e. The molecule has 1 amide bonds. The Hall–Kier alpha value is -2.17. The zero-order valence-corrected chi connectivity index (χ0v) is 12.0. The molecular weight excluding hydrogens is 270 g/mol. The highest BCUT2D eigenvalue weighted by atomic mass is 16.4. The fraction of sp³-hybridized carbons (Fsp3) is 0.438. The van der Waals surface area contributed by atoms with Gasteiger partial charge in [-0.1, -0.05) is 24.3 Å². The third kappa shape index (κ3) is 3.90. The number of carbonyl (C=O) groups excluding carboxylic acids is 2. The molecule has 112 valence electrons. The van der Waals surface area contributed by atoms with Gasteiger partial charge in [-0.15, -0.1) is 0 Å². The van der Waals surface area contributed by atoms with Crippen LogP contribution in [0.1, 0.15) is 30.9 Å². The van der Waals surface area contributed by atoms with Crippen molar-refractivity contribution in [3.63, 3.8) is 0 Å². The Morgan fingerprint density at radius 3 is 2.24 bits per heavy atom. The van der Waals surface area contributed by atoms with Crippen molar-refractivity contribution in [1.29, 1.82) is 0 Å². The third-order valence-electron chi connectivity index (χ3n) is 3.78. The van der Waals surface area contributed by atoms with Crippen molar-refractivity contribution in [1.82, 2.24) is 4.90 Å². The van der Waals surface area contributed by atoms with Crippen molar-refractivity contribution < 1.29 is 19.5 Å². The predicted octanol–water partition coefficient (Wildman–Crippen LogP) is 1.44. The van der Waals surface area contributed by atoms with E-state index < -0.39 is 5.97 Å². The van der Waals surface area contributed by atoms with Crippen LogP contribution in [-0.2, 0) is 27.2 Å². The van der Waals surface area contributed by atoms with Crippen molar-refractivity contribution in [3.8, 4) is 0 Å². The number of hydrogen-bond donors (Lipinski definition) is 1. The first-order valence-electron chi connectivity index (χ1n) is 7.07. The number of carboxylic acid groups (broad SMARTS) is 1. The van der Waals surface area contributed by atoms with Gasteiger partial charge in [0.15, 0.2) is 5.78 Å². The number of ketones is 1. The lowest BCUT2D eigenvalue weighted by atomic mass is 10.1. The molecule has 1 fully saturated rings. The zero-order chi connectivity index (χ0) is 15.4. The lowest BCUT2D eigenvalue weighted by Crippen LogP contribution is -2.40. The van der Waals surface area contributed by atoms with Crippen LogP contribution in [0.2, 0.25) is 0 Å². The minimum atomic E-state index is -0.875. The van der Waals surface area contributed by atoms with Gasteiger partial charge in [-0.3, -0.25) is 14.4 Å². The molecule has 1 aromatic carbocycles. The van der Waals surface area contributed by atoms with E-state index >= 15 is 0 Å².